The van der Waals surface area contributed by atoms with Gasteiger partial charge in [-0.15, -0.1) is 0 Å². The Labute approximate surface area is 176 Å². The van der Waals surface area contributed by atoms with E-state index >= 15 is 0 Å². The summed E-state index contributed by atoms with van der Waals surface area (Å²) >= 11 is 0. The molecule has 0 amide bonds. The van der Waals surface area contributed by atoms with Crippen molar-refractivity contribution in [3.63, 3.8) is 0 Å². The summed E-state index contributed by atoms with van der Waals surface area (Å²) in [5.41, 5.74) is 3.04. The van der Waals surface area contributed by atoms with Gasteiger partial charge in [0.25, 0.3) is 0 Å². The van der Waals surface area contributed by atoms with Crippen LogP contribution in [-0.2, 0) is 6.54 Å². The Morgan fingerprint density at radius 1 is 1.03 bits per heavy atom. The molecule has 1 aliphatic heterocycles. The third kappa shape index (κ3) is 4.53. The van der Waals surface area contributed by atoms with Gasteiger partial charge in [0.2, 0.25) is 0 Å². The summed E-state index contributed by atoms with van der Waals surface area (Å²) < 4.78 is 21.8. The van der Waals surface area contributed by atoms with Crippen LogP contribution >= 0.6 is 0 Å². The van der Waals surface area contributed by atoms with E-state index in [-0.39, 0.29) is 12.4 Å². The number of aromatic nitrogens is 2. The smallest absolute Gasteiger partial charge is 0.136 e. The summed E-state index contributed by atoms with van der Waals surface area (Å²) in [7, 11) is 1.53. The lowest BCUT2D eigenvalue weighted by molar-refractivity contribution is 0.108. The number of nitrogens with zero attached hydrogens (tertiary/aromatic N) is 4. The van der Waals surface area contributed by atoms with Crippen LogP contribution in [0.1, 0.15) is 5.56 Å². The van der Waals surface area contributed by atoms with Crippen molar-refractivity contribution < 1.29 is 14.2 Å². The number of rotatable bonds is 7. The molecule has 1 aliphatic rings. The average molecular weight is 410 g/mol. The first-order chi connectivity index (χ1) is 14.7. The molecule has 1 N–H and O–H groups in total. The van der Waals surface area contributed by atoms with Gasteiger partial charge in [-0.2, -0.15) is 5.10 Å². The van der Waals surface area contributed by atoms with Gasteiger partial charge < -0.3 is 9.84 Å². The van der Waals surface area contributed by atoms with Crippen LogP contribution in [0.25, 0.3) is 16.9 Å². The molecule has 2 heterocycles. The van der Waals surface area contributed by atoms with Crippen molar-refractivity contribution in [2.24, 2.45) is 0 Å². The summed E-state index contributed by atoms with van der Waals surface area (Å²) in [5.74, 6) is 0.141. The number of methoxy groups -OCH3 is 1. The van der Waals surface area contributed by atoms with Gasteiger partial charge in [0.1, 0.15) is 17.3 Å². The van der Waals surface area contributed by atoms with Crippen LogP contribution < -0.4 is 4.74 Å². The molecule has 7 heteroatoms. The van der Waals surface area contributed by atoms with Gasteiger partial charge in [-0.25, -0.2) is 9.07 Å². The van der Waals surface area contributed by atoms with E-state index in [1.54, 1.807) is 12.1 Å². The molecule has 1 aromatic heterocycles. The molecule has 30 heavy (non-hydrogen) atoms. The predicted molar refractivity (Wildman–Crippen MR) is 114 cm³/mol. The molecule has 0 bridgehead atoms. The van der Waals surface area contributed by atoms with E-state index in [2.05, 4.69) is 9.80 Å². The van der Waals surface area contributed by atoms with Gasteiger partial charge in [0.05, 0.1) is 19.4 Å². The average Bonchev–Trinajstić information content (AvgIpc) is 3.19. The van der Waals surface area contributed by atoms with Crippen LogP contribution in [0.4, 0.5) is 4.39 Å². The van der Waals surface area contributed by atoms with Crippen LogP contribution in [0.15, 0.2) is 54.7 Å². The van der Waals surface area contributed by atoms with E-state index in [0.29, 0.717) is 30.1 Å². The number of benzene rings is 2. The number of aliphatic hydroxyl groups is 1. The Kier molecular flexibility index (Phi) is 6.42. The van der Waals surface area contributed by atoms with E-state index in [1.807, 2.05) is 41.2 Å². The van der Waals surface area contributed by atoms with E-state index in [9.17, 15) is 4.39 Å². The second-order valence-corrected chi connectivity index (χ2v) is 7.47. The van der Waals surface area contributed by atoms with Gasteiger partial charge in [-0.3, -0.25) is 9.80 Å². The van der Waals surface area contributed by atoms with Crippen molar-refractivity contribution in [2.45, 2.75) is 6.54 Å². The summed E-state index contributed by atoms with van der Waals surface area (Å²) in [5, 5.41) is 13.9. The first kappa shape index (κ1) is 20.5. The summed E-state index contributed by atoms with van der Waals surface area (Å²) in [4.78, 5) is 4.61. The molecule has 3 aromatic rings. The minimum Gasteiger partial charge on any atom is -0.497 e. The van der Waals surface area contributed by atoms with Crippen LogP contribution in [-0.4, -0.2) is 71.1 Å². The zero-order valence-electron chi connectivity index (χ0n) is 17.2. The van der Waals surface area contributed by atoms with Gasteiger partial charge in [-0.05, 0) is 24.3 Å². The summed E-state index contributed by atoms with van der Waals surface area (Å²) in [6.07, 6.45) is 1.99. The van der Waals surface area contributed by atoms with Gasteiger partial charge in [0.15, 0.2) is 0 Å². The van der Waals surface area contributed by atoms with Crippen LogP contribution in [0.2, 0.25) is 0 Å². The van der Waals surface area contributed by atoms with Gasteiger partial charge in [-0.1, -0.05) is 18.2 Å². The van der Waals surface area contributed by atoms with Crippen LogP contribution in [0.5, 0.6) is 5.75 Å². The molecule has 0 radical (unpaired) electrons. The Morgan fingerprint density at radius 3 is 2.43 bits per heavy atom. The van der Waals surface area contributed by atoms with E-state index in [0.717, 1.165) is 37.4 Å². The maximum Gasteiger partial charge on any atom is 0.136 e. The fraction of sp³-hybridized carbons (Fsp3) is 0.348. The maximum atomic E-state index is 14.9. The van der Waals surface area contributed by atoms with Crippen molar-refractivity contribution in [3.05, 3.63) is 66.1 Å². The molecule has 0 unspecified atom stereocenters. The largest absolute Gasteiger partial charge is 0.497 e. The molecule has 4 rings (SSSR count). The monoisotopic (exact) mass is 410 g/mol. The van der Waals surface area contributed by atoms with E-state index < -0.39 is 0 Å². The van der Waals surface area contributed by atoms with E-state index in [4.69, 9.17) is 14.9 Å². The highest BCUT2D eigenvalue weighted by Crippen LogP contribution is 2.29. The van der Waals surface area contributed by atoms with Crippen molar-refractivity contribution in [3.8, 4) is 22.7 Å². The van der Waals surface area contributed by atoms with Crippen LogP contribution in [0, 0.1) is 5.82 Å². The van der Waals surface area contributed by atoms with Crippen molar-refractivity contribution in [1.29, 1.82) is 0 Å². The lowest BCUT2D eigenvalue weighted by Gasteiger charge is -2.34. The standard InChI is InChI=1S/C23H27FN4O2/c1-30-20-7-8-21(22(24)15-20)23-18(16-27-11-9-26(10-12-27)13-14-29)17-28(25-23)19-5-3-2-4-6-19/h2-8,15,17,29H,9-14,16H2,1H3. The van der Waals surface area contributed by atoms with E-state index in [1.165, 1.54) is 13.2 Å². The first-order valence-electron chi connectivity index (χ1n) is 10.2. The highest BCUT2D eigenvalue weighted by Gasteiger charge is 2.21. The molecule has 6 nitrogen and oxygen atoms in total. The Bertz CT molecular complexity index is 969. The number of hydrogen-bond acceptors (Lipinski definition) is 5. The normalized spacial score (nSPS) is 15.4. The number of β-amino-alcohol motifs (C(OH)–C–C–N with tert-alkyl or cyclic N) is 1. The molecule has 158 valence electrons. The fourth-order valence-corrected chi connectivity index (χ4v) is 3.83. The molecule has 0 saturated carbocycles. The fourth-order valence-electron chi connectivity index (χ4n) is 3.83. The minimum absolute atomic E-state index is 0.185. The minimum atomic E-state index is -0.346. The van der Waals surface area contributed by atoms with Crippen molar-refractivity contribution >= 4 is 0 Å². The molecule has 1 fully saturated rings. The quantitative estimate of drug-likeness (QED) is 0.649. The SMILES string of the molecule is COc1ccc(-c2nn(-c3ccccc3)cc2CN2CCN(CCO)CC2)c(F)c1. The molecule has 0 atom stereocenters. The molecule has 2 aromatic carbocycles. The number of hydrogen-bond donors (Lipinski definition) is 1. The summed E-state index contributed by atoms with van der Waals surface area (Å²) in [6.45, 7) is 5.23. The number of piperazine rings is 1. The number of aliphatic hydroxyl groups excluding tert-OH is 1. The van der Waals surface area contributed by atoms with Gasteiger partial charge in [0, 0.05) is 62.7 Å². The highest BCUT2D eigenvalue weighted by atomic mass is 19.1. The molecule has 0 aliphatic carbocycles. The lowest BCUT2D eigenvalue weighted by Crippen LogP contribution is -2.46. The third-order valence-electron chi connectivity index (χ3n) is 5.52. The molecule has 0 spiro atoms. The zero-order valence-corrected chi connectivity index (χ0v) is 17.2. The number of para-hydroxylation sites is 1. The topological polar surface area (TPSA) is 53.8 Å². The zero-order chi connectivity index (χ0) is 20.9. The third-order valence-corrected chi connectivity index (χ3v) is 5.52. The van der Waals surface area contributed by atoms with Gasteiger partial charge >= 0.3 is 0 Å². The second kappa shape index (κ2) is 9.38. The molecular formula is C23H27FN4O2. The first-order valence-corrected chi connectivity index (χ1v) is 10.2. The molecule has 1 saturated heterocycles. The number of halogens is 1. The molecular weight excluding hydrogens is 383 g/mol. The van der Waals surface area contributed by atoms with Crippen LogP contribution in [0.3, 0.4) is 0 Å². The maximum absolute atomic E-state index is 14.9. The highest BCUT2D eigenvalue weighted by molar-refractivity contribution is 5.65. The van der Waals surface area contributed by atoms with Crippen molar-refractivity contribution in [1.82, 2.24) is 19.6 Å². The Morgan fingerprint density at radius 2 is 1.77 bits per heavy atom. The lowest BCUT2D eigenvalue weighted by atomic mass is 10.1. The number of ether oxygens (including phenoxy) is 1. The summed E-state index contributed by atoms with van der Waals surface area (Å²) in [6, 6.07) is 14.7. The Balaban J connectivity index is 1.64. The second-order valence-electron chi connectivity index (χ2n) is 7.47. The Hall–Kier alpha value is -2.74. The van der Waals surface area contributed by atoms with Crippen molar-refractivity contribution in [2.75, 3.05) is 46.4 Å². The predicted octanol–water partition coefficient (Wildman–Crippen LogP) is 2.80.